The van der Waals surface area contributed by atoms with E-state index in [0.29, 0.717) is 33.9 Å². The van der Waals surface area contributed by atoms with Gasteiger partial charge < -0.3 is 19.7 Å². The van der Waals surface area contributed by atoms with Gasteiger partial charge in [0.25, 0.3) is 0 Å². The Bertz CT molecular complexity index is 1860. The van der Waals surface area contributed by atoms with Crippen molar-refractivity contribution in [1.82, 2.24) is 0 Å². The minimum absolute atomic E-state index is 0.302. The number of carbonyl (C=O) groups excluding carboxylic acids is 4. The third-order valence-corrected chi connectivity index (χ3v) is 8.87. The summed E-state index contributed by atoms with van der Waals surface area (Å²) in [6.07, 6.45) is 3.90. The van der Waals surface area contributed by atoms with Crippen LogP contribution in [0.2, 0.25) is 0 Å². The Morgan fingerprint density at radius 3 is 2.14 bits per heavy atom. The molecular formula is C36H28N2O6. The maximum Gasteiger partial charge on any atom is 0.308 e. The lowest BCUT2D eigenvalue weighted by Crippen LogP contribution is -2.51. The second kappa shape index (κ2) is 10.3. The number of Topliss-reactive ketones (excluding diaryl/α,β-unsaturated/α-hetero) is 2. The number of hydrogen-bond acceptors (Lipinski definition) is 7. The van der Waals surface area contributed by atoms with Crippen LogP contribution in [-0.4, -0.2) is 42.6 Å². The molecular weight excluding hydrogens is 556 g/mol. The van der Waals surface area contributed by atoms with Crippen LogP contribution in [0.1, 0.15) is 38.8 Å². The van der Waals surface area contributed by atoms with E-state index in [1.54, 1.807) is 55.6 Å². The van der Waals surface area contributed by atoms with Gasteiger partial charge in [-0.05, 0) is 71.8 Å². The third-order valence-electron chi connectivity index (χ3n) is 8.87. The summed E-state index contributed by atoms with van der Waals surface area (Å²) in [5.74, 6) is -1.66. The topological polar surface area (TPSA) is 102 Å². The fraction of sp³-hybridized carbons (Fsp3) is 0.167. The molecule has 0 aromatic heterocycles. The number of anilines is 2. The van der Waals surface area contributed by atoms with E-state index in [4.69, 9.17) is 9.47 Å². The number of fused-ring (bicyclic) bond motifs is 6. The van der Waals surface area contributed by atoms with Crippen LogP contribution in [0.15, 0.2) is 103 Å². The number of nitrogens with one attached hydrogen (secondary N) is 1. The molecule has 1 spiro atoms. The lowest BCUT2D eigenvalue weighted by molar-refractivity contribution is -0.131. The molecule has 4 aromatic rings. The first-order chi connectivity index (χ1) is 21.3. The number of para-hydroxylation sites is 2. The second-order valence-corrected chi connectivity index (χ2v) is 11.1. The fourth-order valence-electron chi connectivity index (χ4n) is 7.08. The number of methoxy groups -OCH3 is 1. The average Bonchev–Trinajstić information content (AvgIpc) is 3.52. The number of amides is 1. The molecule has 1 amide bonds. The van der Waals surface area contributed by atoms with Gasteiger partial charge in [0.05, 0.1) is 19.1 Å². The van der Waals surface area contributed by atoms with E-state index in [0.717, 1.165) is 11.3 Å². The minimum atomic E-state index is -1.41. The Morgan fingerprint density at radius 1 is 0.795 bits per heavy atom. The van der Waals surface area contributed by atoms with Crippen molar-refractivity contribution in [1.29, 1.82) is 0 Å². The van der Waals surface area contributed by atoms with Crippen LogP contribution in [0.4, 0.5) is 11.4 Å². The van der Waals surface area contributed by atoms with Gasteiger partial charge in [0.1, 0.15) is 23.0 Å². The predicted octanol–water partition coefficient (Wildman–Crippen LogP) is 5.48. The molecule has 3 aliphatic heterocycles. The van der Waals surface area contributed by atoms with Crippen LogP contribution in [0.3, 0.4) is 0 Å². The summed E-state index contributed by atoms with van der Waals surface area (Å²) in [6, 6.07) is 26.4. The van der Waals surface area contributed by atoms with Crippen LogP contribution in [0.25, 0.3) is 6.08 Å². The van der Waals surface area contributed by atoms with Crippen LogP contribution < -0.4 is 19.7 Å². The zero-order valence-corrected chi connectivity index (χ0v) is 24.0. The maximum atomic E-state index is 14.9. The molecule has 44 heavy (non-hydrogen) atoms. The first-order valence-corrected chi connectivity index (χ1v) is 14.3. The molecule has 3 heterocycles. The normalized spacial score (nSPS) is 22.5. The lowest BCUT2D eigenvalue weighted by Gasteiger charge is -2.37. The Hall–Kier alpha value is -5.50. The Morgan fingerprint density at radius 2 is 1.43 bits per heavy atom. The molecule has 0 bridgehead atoms. The number of ether oxygens (including phenoxy) is 2. The van der Waals surface area contributed by atoms with E-state index in [1.807, 2.05) is 65.6 Å². The first-order valence-electron chi connectivity index (χ1n) is 14.3. The van der Waals surface area contributed by atoms with E-state index in [1.165, 1.54) is 6.92 Å². The Kier molecular flexibility index (Phi) is 6.43. The number of esters is 1. The van der Waals surface area contributed by atoms with Gasteiger partial charge in [-0.3, -0.25) is 19.2 Å². The van der Waals surface area contributed by atoms with Crippen LogP contribution >= 0.6 is 0 Å². The van der Waals surface area contributed by atoms with Crippen LogP contribution in [-0.2, 0) is 15.0 Å². The van der Waals surface area contributed by atoms with Gasteiger partial charge in [-0.1, -0.05) is 48.6 Å². The summed E-state index contributed by atoms with van der Waals surface area (Å²) in [6.45, 7) is 1.30. The summed E-state index contributed by atoms with van der Waals surface area (Å²) in [5, 5.41) is 3.04. The molecule has 1 saturated heterocycles. The molecule has 0 unspecified atom stereocenters. The molecule has 4 atom stereocenters. The zero-order valence-electron chi connectivity index (χ0n) is 24.0. The molecule has 8 heteroatoms. The van der Waals surface area contributed by atoms with Crippen molar-refractivity contribution in [2.75, 3.05) is 17.3 Å². The third kappa shape index (κ3) is 3.98. The summed E-state index contributed by atoms with van der Waals surface area (Å²) < 4.78 is 10.5. The van der Waals surface area contributed by atoms with Gasteiger partial charge in [-0.2, -0.15) is 0 Å². The molecule has 0 aliphatic carbocycles. The van der Waals surface area contributed by atoms with Gasteiger partial charge >= 0.3 is 5.97 Å². The summed E-state index contributed by atoms with van der Waals surface area (Å²) >= 11 is 0. The highest BCUT2D eigenvalue weighted by atomic mass is 16.5. The van der Waals surface area contributed by atoms with Crippen molar-refractivity contribution in [2.24, 2.45) is 5.92 Å². The number of ketones is 2. The van der Waals surface area contributed by atoms with Crippen molar-refractivity contribution in [3.8, 4) is 11.5 Å². The van der Waals surface area contributed by atoms with Crippen molar-refractivity contribution < 1.29 is 28.7 Å². The molecule has 1 N–H and O–H groups in total. The molecule has 1 fully saturated rings. The Labute approximate surface area is 253 Å². The lowest BCUT2D eigenvalue weighted by atomic mass is 9.64. The number of rotatable bonds is 6. The molecule has 3 aliphatic rings. The summed E-state index contributed by atoms with van der Waals surface area (Å²) in [5.41, 5.74) is 2.23. The number of hydrogen-bond donors (Lipinski definition) is 1. The minimum Gasteiger partial charge on any atom is -0.497 e. The van der Waals surface area contributed by atoms with E-state index in [-0.39, 0.29) is 17.5 Å². The average molecular weight is 585 g/mol. The van der Waals surface area contributed by atoms with Crippen molar-refractivity contribution in [2.45, 2.75) is 24.4 Å². The summed E-state index contributed by atoms with van der Waals surface area (Å²) in [7, 11) is 1.55. The van der Waals surface area contributed by atoms with Gasteiger partial charge in [-0.15, -0.1) is 0 Å². The molecule has 8 nitrogen and oxygen atoms in total. The standard InChI is InChI=1S/C36H28N2O6/c1-21(39)44-26-18-13-24(14-19-26)34(41)32-31(33(40)23-11-16-25(43-2)17-12-23)36(27-8-4-5-9-28(27)37-35(36)42)30-20-15-22-7-3-6-10-29(22)38(30)32/h3-20,30-32H,1-2H3,(H,37,42)/t30-,31-,32+,36-/m0/s1. The van der Waals surface area contributed by atoms with E-state index in [2.05, 4.69) is 5.32 Å². The highest BCUT2D eigenvalue weighted by Gasteiger charge is 2.70. The van der Waals surface area contributed by atoms with Crippen molar-refractivity contribution in [3.63, 3.8) is 0 Å². The molecule has 218 valence electrons. The molecule has 4 aromatic carbocycles. The van der Waals surface area contributed by atoms with Gasteiger partial charge in [0.2, 0.25) is 5.91 Å². The second-order valence-electron chi connectivity index (χ2n) is 11.1. The quantitative estimate of drug-likeness (QED) is 0.182. The fourth-order valence-corrected chi connectivity index (χ4v) is 7.08. The maximum absolute atomic E-state index is 14.9. The molecule has 0 radical (unpaired) electrons. The van der Waals surface area contributed by atoms with E-state index < -0.39 is 29.4 Å². The van der Waals surface area contributed by atoms with Gasteiger partial charge in [0, 0.05) is 29.4 Å². The monoisotopic (exact) mass is 584 g/mol. The molecule has 0 saturated carbocycles. The number of benzene rings is 4. The van der Waals surface area contributed by atoms with E-state index >= 15 is 0 Å². The van der Waals surface area contributed by atoms with Crippen LogP contribution in [0, 0.1) is 5.92 Å². The number of carbonyl (C=O) groups is 4. The van der Waals surface area contributed by atoms with Crippen molar-refractivity contribution in [3.05, 3.63) is 125 Å². The zero-order chi connectivity index (χ0) is 30.6. The molecule has 7 rings (SSSR count). The summed E-state index contributed by atoms with van der Waals surface area (Å²) in [4.78, 5) is 57.5. The Balaban J connectivity index is 1.47. The van der Waals surface area contributed by atoms with Crippen LogP contribution in [0.5, 0.6) is 11.5 Å². The van der Waals surface area contributed by atoms with Gasteiger partial charge in [-0.25, -0.2) is 0 Å². The number of nitrogens with zero attached hydrogens (tertiary/aromatic N) is 1. The SMILES string of the molecule is COc1ccc(C(=O)[C@@H]2[C@H](C(=O)c3ccc(OC(C)=O)cc3)N3c4ccccc4C=C[C@H]3[C@]23C(=O)Nc2ccccc23)cc1. The smallest absolute Gasteiger partial charge is 0.308 e. The van der Waals surface area contributed by atoms with E-state index in [9.17, 15) is 19.2 Å². The van der Waals surface area contributed by atoms with Crippen molar-refractivity contribution >= 4 is 40.9 Å². The highest BCUT2D eigenvalue weighted by Crippen LogP contribution is 2.58. The largest absolute Gasteiger partial charge is 0.497 e. The highest BCUT2D eigenvalue weighted by molar-refractivity contribution is 6.18. The predicted molar refractivity (Wildman–Crippen MR) is 165 cm³/mol. The van der Waals surface area contributed by atoms with Gasteiger partial charge in [0.15, 0.2) is 11.6 Å². The first kappa shape index (κ1) is 27.3.